The van der Waals surface area contributed by atoms with Crippen LogP contribution in [0.25, 0.3) is 0 Å². The van der Waals surface area contributed by atoms with Gasteiger partial charge < -0.3 is 9.47 Å². The monoisotopic (exact) mass is 242 g/mol. The molecular weight excluding hydrogens is 232 g/mol. The Balaban J connectivity index is 2.48. The highest BCUT2D eigenvalue weighted by Crippen LogP contribution is 2.36. The van der Waals surface area contributed by atoms with E-state index in [1.165, 1.54) is 0 Å². The molecule has 0 N–H and O–H groups in total. The first kappa shape index (κ1) is 8.88. The molecule has 0 saturated carbocycles. The van der Waals surface area contributed by atoms with Crippen LogP contribution in [0.4, 0.5) is 0 Å². The molecule has 13 heavy (non-hydrogen) atoms. The smallest absolute Gasteiger partial charge is 0.165 e. The Bertz CT molecular complexity index is 323. The molecule has 0 aliphatic carbocycles. The van der Waals surface area contributed by atoms with Crippen molar-refractivity contribution in [1.82, 2.24) is 0 Å². The Labute approximate surface area is 86.0 Å². The molecule has 0 amide bonds. The molecule has 1 aliphatic heterocycles. The van der Waals surface area contributed by atoms with Crippen molar-refractivity contribution in [3.05, 3.63) is 22.2 Å². The molecule has 2 rings (SSSR count). The SMILES string of the molecule is Cc1c(Br)ccc2c1OCCCO2. The summed E-state index contributed by atoms with van der Waals surface area (Å²) >= 11 is 3.46. The largest absolute Gasteiger partial charge is 0.490 e. The number of benzene rings is 1. The van der Waals surface area contributed by atoms with Gasteiger partial charge in [0.2, 0.25) is 0 Å². The molecule has 1 aromatic rings. The second kappa shape index (κ2) is 3.58. The first-order chi connectivity index (χ1) is 6.29. The van der Waals surface area contributed by atoms with Gasteiger partial charge in [0.1, 0.15) is 0 Å². The Morgan fingerprint density at radius 3 is 2.85 bits per heavy atom. The van der Waals surface area contributed by atoms with Gasteiger partial charge in [-0.25, -0.2) is 0 Å². The molecule has 0 fully saturated rings. The van der Waals surface area contributed by atoms with Gasteiger partial charge in [-0.3, -0.25) is 0 Å². The van der Waals surface area contributed by atoms with E-state index in [1.807, 2.05) is 19.1 Å². The third-order valence-corrected chi connectivity index (χ3v) is 2.96. The fourth-order valence-electron chi connectivity index (χ4n) is 1.35. The highest BCUT2D eigenvalue weighted by molar-refractivity contribution is 9.10. The molecule has 0 unspecified atom stereocenters. The minimum absolute atomic E-state index is 0.740. The molecular formula is C10H11BrO2. The summed E-state index contributed by atoms with van der Waals surface area (Å²) in [6.07, 6.45) is 0.950. The van der Waals surface area contributed by atoms with Gasteiger partial charge in [0.05, 0.1) is 13.2 Å². The lowest BCUT2D eigenvalue weighted by atomic mass is 10.2. The molecule has 1 heterocycles. The van der Waals surface area contributed by atoms with Crippen molar-refractivity contribution in [2.45, 2.75) is 13.3 Å². The molecule has 2 nitrogen and oxygen atoms in total. The predicted molar refractivity (Wildman–Crippen MR) is 54.5 cm³/mol. The fraction of sp³-hybridized carbons (Fsp3) is 0.400. The molecule has 3 heteroatoms. The third kappa shape index (κ3) is 1.66. The van der Waals surface area contributed by atoms with E-state index in [-0.39, 0.29) is 0 Å². The molecule has 0 atom stereocenters. The van der Waals surface area contributed by atoms with Gasteiger partial charge in [-0.05, 0) is 19.1 Å². The lowest BCUT2D eigenvalue weighted by molar-refractivity contribution is 0.296. The van der Waals surface area contributed by atoms with Crippen LogP contribution in [0.3, 0.4) is 0 Å². The number of hydrogen-bond donors (Lipinski definition) is 0. The molecule has 0 spiro atoms. The quantitative estimate of drug-likeness (QED) is 0.697. The number of hydrogen-bond acceptors (Lipinski definition) is 2. The number of halogens is 1. The summed E-state index contributed by atoms with van der Waals surface area (Å²) < 4.78 is 12.2. The van der Waals surface area contributed by atoms with Crippen LogP contribution < -0.4 is 9.47 Å². The maximum atomic E-state index is 5.61. The Morgan fingerprint density at radius 1 is 1.23 bits per heavy atom. The summed E-state index contributed by atoms with van der Waals surface area (Å²) in [4.78, 5) is 0. The van der Waals surface area contributed by atoms with E-state index in [9.17, 15) is 0 Å². The van der Waals surface area contributed by atoms with Crippen LogP contribution in [-0.4, -0.2) is 13.2 Å². The molecule has 0 bridgehead atoms. The van der Waals surface area contributed by atoms with Crippen molar-refractivity contribution in [2.24, 2.45) is 0 Å². The topological polar surface area (TPSA) is 18.5 Å². The van der Waals surface area contributed by atoms with Gasteiger partial charge >= 0.3 is 0 Å². The van der Waals surface area contributed by atoms with Crippen LogP contribution in [-0.2, 0) is 0 Å². The minimum atomic E-state index is 0.740. The van der Waals surface area contributed by atoms with Crippen molar-refractivity contribution in [2.75, 3.05) is 13.2 Å². The van der Waals surface area contributed by atoms with Crippen molar-refractivity contribution in [3.63, 3.8) is 0 Å². The minimum Gasteiger partial charge on any atom is -0.490 e. The Kier molecular flexibility index (Phi) is 2.44. The number of rotatable bonds is 0. The van der Waals surface area contributed by atoms with E-state index in [4.69, 9.17) is 9.47 Å². The predicted octanol–water partition coefficient (Wildman–Crippen LogP) is 2.92. The lowest BCUT2D eigenvalue weighted by Crippen LogP contribution is -1.97. The van der Waals surface area contributed by atoms with E-state index < -0.39 is 0 Å². The first-order valence-electron chi connectivity index (χ1n) is 4.34. The zero-order valence-corrected chi connectivity index (χ0v) is 9.06. The standard InChI is InChI=1S/C10H11BrO2/c1-7-8(11)3-4-9-10(7)13-6-2-5-12-9/h3-4H,2,5-6H2,1H3. The zero-order chi connectivity index (χ0) is 9.26. The van der Waals surface area contributed by atoms with Crippen LogP contribution in [0.1, 0.15) is 12.0 Å². The summed E-state index contributed by atoms with van der Waals surface area (Å²) in [7, 11) is 0. The summed E-state index contributed by atoms with van der Waals surface area (Å²) in [5.74, 6) is 1.74. The molecule has 1 aromatic carbocycles. The van der Waals surface area contributed by atoms with E-state index in [0.29, 0.717) is 0 Å². The second-order valence-corrected chi connectivity index (χ2v) is 3.90. The van der Waals surface area contributed by atoms with Gasteiger partial charge in [-0.15, -0.1) is 0 Å². The zero-order valence-electron chi connectivity index (χ0n) is 7.47. The van der Waals surface area contributed by atoms with Crippen LogP contribution >= 0.6 is 15.9 Å². The van der Waals surface area contributed by atoms with Crippen LogP contribution in [0.5, 0.6) is 11.5 Å². The molecule has 0 aromatic heterocycles. The number of ether oxygens (including phenoxy) is 2. The maximum Gasteiger partial charge on any atom is 0.165 e. The highest BCUT2D eigenvalue weighted by Gasteiger charge is 2.13. The Morgan fingerprint density at radius 2 is 2.00 bits per heavy atom. The lowest BCUT2D eigenvalue weighted by Gasteiger charge is -2.10. The molecule has 0 radical (unpaired) electrons. The van der Waals surface area contributed by atoms with Crippen molar-refractivity contribution in [3.8, 4) is 11.5 Å². The van der Waals surface area contributed by atoms with Gasteiger partial charge in [-0.2, -0.15) is 0 Å². The molecule has 70 valence electrons. The third-order valence-electron chi connectivity index (χ3n) is 2.10. The second-order valence-electron chi connectivity index (χ2n) is 3.05. The normalized spacial score (nSPS) is 15.2. The number of fused-ring (bicyclic) bond motifs is 1. The van der Waals surface area contributed by atoms with E-state index in [1.54, 1.807) is 0 Å². The summed E-state index contributed by atoms with van der Waals surface area (Å²) in [5.41, 5.74) is 1.11. The fourth-order valence-corrected chi connectivity index (χ4v) is 1.66. The van der Waals surface area contributed by atoms with Gasteiger partial charge in [0, 0.05) is 16.5 Å². The van der Waals surface area contributed by atoms with Gasteiger partial charge in [0.15, 0.2) is 11.5 Å². The van der Waals surface area contributed by atoms with Gasteiger partial charge in [-0.1, -0.05) is 15.9 Å². The van der Waals surface area contributed by atoms with Crippen molar-refractivity contribution >= 4 is 15.9 Å². The van der Waals surface area contributed by atoms with Crippen molar-refractivity contribution in [1.29, 1.82) is 0 Å². The summed E-state index contributed by atoms with van der Waals surface area (Å²) in [5, 5.41) is 0. The van der Waals surface area contributed by atoms with E-state index in [2.05, 4.69) is 15.9 Å². The van der Waals surface area contributed by atoms with Crippen molar-refractivity contribution < 1.29 is 9.47 Å². The summed E-state index contributed by atoms with van der Waals surface area (Å²) in [6.45, 7) is 3.51. The first-order valence-corrected chi connectivity index (χ1v) is 5.13. The van der Waals surface area contributed by atoms with Crippen LogP contribution in [0.2, 0.25) is 0 Å². The van der Waals surface area contributed by atoms with E-state index in [0.717, 1.165) is 41.2 Å². The molecule has 0 saturated heterocycles. The summed E-state index contributed by atoms with van der Waals surface area (Å²) in [6, 6.07) is 3.93. The average Bonchev–Trinajstić information content (AvgIpc) is 2.36. The highest BCUT2D eigenvalue weighted by atomic mass is 79.9. The maximum absolute atomic E-state index is 5.61. The Hall–Kier alpha value is -0.700. The average molecular weight is 243 g/mol. The van der Waals surface area contributed by atoms with Crippen LogP contribution in [0, 0.1) is 6.92 Å². The van der Waals surface area contributed by atoms with Crippen LogP contribution in [0.15, 0.2) is 16.6 Å². The molecule has 1 aliphatic rings. The van der Waals surface area contributed by atoms with Gasteiger partial charge in [0.25, 0.3) is 0 Å². The van der Waals surface area contributed by atoms with E-state index >= 15 is 0 Å².